The van der Waals surface area contributed by atoms with Gasteiger partial charge in [0.05, 0.1) is 7.11 Å². The van der Waals surface area contributed by atoms with Gasteiger partial charge in [0.15, 0.2) is 0 Å². The molecule has 2 aliphatic heterocycles. The normalized spacial score (nSPS) is 17.7. The van der Waals surface area contributed by atoms with Crippen LogP contribution in [0.4, 0.5) is 11.4 Å². The molecule has 0 spiro atoms. The largest absolute Gasteiger partial charge is 0.497 e. The van der Waals surface area contributed by atoms with E-state index in [9.17, 15) is 0 Å². The number of piperazine rings is 1. The highest BCUT2D eigenvalue weighted by atomic mass is 16.5. The fraction of sp³-hybridized carbons (Fsp3) is 0.440. The summed E-state index contributed by atoms with van der Waals surface area (Å²) >= 11 is 0. The van der Waals surface area contributed by atoms with Crippen molar-refractivity contribution < 1.29 is 9.47 Å². The van der Waals surface area contributed by atoms with E-state index in [2.05, 4.69) is 56.2 Å². The third-order valence-corrected chi connectivity index (χ3v) is 6.33. The Kier molecular flexibility index (Phi) is 4.97. The highest BCUT2D eigenvalue weighted by Crippen LogP contribution is 2.46. The van der Waals surface area contributed by atoms with Crippen molar-refractivity contribution in [3.05, 3.63) is 53.1 Å². The van der Waals surface area contributed by atoms with Gasteiger partial charge in [-0.05, 0) is 63.1 Å². The van der Waals surface area contributed by atoms with E-state index < -0.39 is 0 Å². The zero-order chi connectivity index (χ0) is 20.8. The first kappa shape index (κ1) is 19.7. The molecule has 0 amide bonds. The van der Waals surface area contributed by atoms with Crippen LogP contribution in [0.25, 0.3) is 6.08 Å². The number of fused-ring (bicyclic) bond motifs is 1. The Labute approximate surface area is 174 Å². The predicted octanol–water partition coefficient (Wildman–Crippen LogP) is 5.00. The van der Waals surface area contributed by atoms with Gasteiger partial charge in [-0.2, -0.15) is 0 Å². The van der Waals surface area contributed by atoms with E-state index in [0.29, 0.717) is 0 Å². The molecule has 2 heterocycles. The summed E-state index contributed by atoms with van der Waals surface area (Å²) in [6.07, 6.45) is 2.96. The lowest BCUT2D eigenvalue weighted by Crippen LogP contribution is -2.47. The van der Waals surface area contributed by atoms with Crippen molar-refractivity contribution in [1.29, 1.82) is 0 Å². The highest BCUT2D eigenvalue weighted by molar-refractivity contribution is 5.79. The summed E-state index contributed by atoms with van der Waals surface area (Å²) in [6, 6.07) is 8.36. The topological polar surface area (TPSA) is 24.9 Å². The molecule has 0 radical (unpaired) electrons. The maximum Gasteiger partial charge on any atom is 0.127 e. The average molecular weight is 393 g/mol. The lowest BCUT2D eigenvalue weighted by Gasteiger charge is -2.39. The summed E-state index contributed by atoms with van der Waals surface area (Å²) in [4.78, 5) is 4.98. The lowest BCUT2D eigenvalue weighted by atomic mass is 9.91. The third-order valence-electron chi connectivity index (χ3n) is 6.33. The third kappa shape index (κ3) is 3.45. The molecular weight excluding hydrogens is 360 g/mol. The molecule has 4 rings (SSSR count). The van der Waals surface area contributed by atoms with Gasteiger partial charge in [0.2, 0.25) is 0 Å². The standard InChI is InChI=1S/C25H32N2O2/c1-7-21-22-16-25(4,5)29-24(22)18(3)17(2)23(21)27-14-12-26(13-15-27)19-8-10-20(28-6)11-9-19/h7-11H,1,12-16H2,2-6H3. The Balaban J connectivity index is 1.60. The van der Waals surface area contributed by atoms with Crippen molar-refractivity contribution in [2.24, 2.45) is 0 Å². The first-order chi connectivity index (χ1) is 13.8. The van der Waals surface area contributed by atoms with Crippen LogP contribution < -0.4 is 19.3 Å². The van der Waals surface area contributed by atoms with E-state index >= 15 is 0 Å². The Bertz CT molecular complexity index is 923. The fourth-order valence-electron chi connectivity index (χ4n) is 4.70. The average Bonchev–Trinajstić information content (AvgIpc) is 3.06. The van der Waals surface area contributed by atoms with Gasteiger partial charge in [-0.3, -0.25) is 0 Å². The molecule has 1 saturated heterocycles. The van der Waals surface area contributed by atoms with Crippen molar-refractivity contribution >= 4 is 17.5 Å². The molecule has 0 unspecified atom stereocenters. The number of anilines is 2. The first-order valence-corrected chi connectivity index (χ1v) is 10.5. The molecule has 0 bridgehead atoms. The van der Waals surface area contributed by atoms with Gasteiger partial charge >= 0.3 is 0 Å². The summed E-state index contributed by atoms with van der Waals surface area (Å²) in [5.41, 5.74) is 7.60. The Morgan fingerprint density at radius 1 is 1.00 bits per heavy atom. The maximum atomic E-state index is 6.30. The number of ether oxygens (including phenoxy) is 2. The van der Waals surface area contributed by atoms with Gasteiger partial charge in [-0.25, -0.2) is 0 Å². The molecule has 0 aromatic heterocycles. The molecular formula is C25H32N2O2. The van der Waals surface area contributed by atoms with E-state index in [1.54, 1.807) is 7.11 Å². The van der Waals surface area contributed by atoms with Gasteiger partial charge in [-0.1, -0.05) is 12.7 Å². The lowest BCUT2D eigenvalue weighted by molar-refractivity contribution is 0.137. The fourth-order valence-corrected chi connectivity index (χ4v) is 4.70. The van der Waals surface area contributed by atoms with E-state index in [-0.39, 0.29) is 5.60 Å². The molecule has 1 fully saturated rings. The second-order valence-corrected chi connectivity index (χ2v) is 8.73. The molecule has 29 heavy (non-hydrogen) atoms. The number of rotatable bonds is 4. The SMILES string of the molecule is C=Cc1c2c(c(C)c(C)c1N1CCN(c3ccc(OC)cc3)CC1)OC(C)(C)C2. The molecule has 0 saturated carbocycles. The monoisotopic (exact) mass is 392 g/mol. The molecule has 2 aromatic carbocycles. The minimum Gasteiger partial charge on any atom is -0.497 e. The summed E-state index contributed by atoms with van der Waals surface area (Å²) in [7, 11) is 1.71. The molecule has 2 aromatic rings. The minimum atomic E-state index is -0.150. The van der Waals surface area contributed by atoms with Crippen molar-refractivity contribution in [3.8, 4) is 11.5 Å². The number of methoxy groups -OCH3 is 1. The van der Waals surface area contributed by atoms with Crippen LogP contribution in [-0.4, -0.2) is 38.9 Å². The van der Waals surface area contributed by atoms with Crippen LogP contribution in [0.1, 0.15) is 36.1 Å². The number of hydrogen-bond donors (Lipinski definition) is 0. The van der Waals surface area contributed by atoms with Crippen LogP contribution in [0, 0.1) is 13.8 Å². The maximum absolute atomic E-state index is 6.30. The van der Waals surface area contributed by atoms with Crippen LogP contribution in [-0.2, 0) is 6.42 Å². The molecule has 4 nitrogen and oxygen atoms in total. The van der Waals surface area contributed by atoms with E-state index in [1.165, 1.54) is 33.6 Å². The van der Waals surface area contributed by atoms with Crippen molar-refractivity contribution in [2.75, 3.05) is 43.1 Å². The zero-order valence-corrected chi connectivity index (χ0v) is 18.3. The molecule has 0 N–H and O–H groups in total. The Hall–Kier alpha value is -2.62. The quantitative estimate of drug-likeness (QED) is 0.731. The van der Waals surface area contributed by atoms with Crippen molar-refractivity contribution in [3.63, 3.8) is 0 Å². The second kappa shape index (κ2) is 7.33. The van der Waals surface area contributed by atoms with Gasteiger partial charge in [0, 0.05) is 55.1 Å². The number of hydrogen-bond acceptors (Lipinski definition) is 4. The minimum absolute atomic E-state index is 0.150. The van der Waals surface area contributed by atoms with E-state index in [0.717, 1.165) is 44.1 Å². The molecule has 2 aliphatic rings. The van der Waals surface area contributed by atoms with Crippen LogP contribution in [0.15, 0.2) is 30.8 Å². The van der Waals surface area contributed by atoms with Crippen LogP contribution in [0.2, 0.25) is 0 Å². The summed E-state index contributed by atoms with van der Waals surface area (Å²) in [5, 5.41) is 0. The summed E-state index contributed by atoms with van der Waals surface area (Å²) < 4.78 is 11.6. The molecule has 4 heteroatoms. The molecule has 0 atom stereocenters. The summed E-state index contributed by atoms with van der Waals surface area (Å²) in [6.45, 7) is 16.9. The number of benzene rings is 2. The second-order valence-electron chi connectivity index (χ2n) is 8.73. The number of nitrogens with zero attached hydrogens (tertiary/aromatic N) is 2. The summed E-state index contributed by atoms with van der Waals surface area (Å²) in [5.74, 6) is 1.97. The Morgan fingerprint density at radius 3 is 2.21 bits per heavy atom. The highest BCUT2D eigenvalue weighted by Gasteiger charge is 2.36. The van der Waals surface area contributed by atoms with Crippen molar-refractivity contribution in [2.45, 2.75) is 39.7 Å². The van der Waals surface area contributed by atoms with E-state index in [1.807, 2.05) is 18.2 Å². The van der Waals surface area contributed by atoms with Gasteiger partial charge in [-0.15, -0.1) is 0 Å². The first-order valence-electron chi connectivity index (χ1n) is 10.5. The van der Waals surface area contributed by atoms with Crippen LogP contribution in [0.5, 0.6) is 11.5 Å². The van der Waals surface area contributed by atoms with E-state index in [4.69, 9.17) is 9.47 Å². The van der Waals surface area contributed by atoms with Crippen molar-refractivity contribution in [1.82, 2.24) is 0 Å². The van der Waals surface area contributed by atoms with Gasteiger partial charge in [0.1, 0.15) is 17.1 Å². The molecule has 0 aliphatic carbocycles. The zero-order valence-electron chi connectivity index (χ0n) is 18.3. The predicted molar refractivity (Wildman–Crippen MR) is 122 cm³/mol. The molecule has 154 valence electrons. The smallest absolute Gasteiger partial charge is 0.127 e. The van der Waals surface area contributed by atoms with Gasteiger partial charge < -0.3 is 19.3 Å². The van der Waals surface area contributed by atoms with Gasteiger partial charge in [0.25, 0.3) is 0 Å². The van der Waals surface area contributed by atoms with Crippen LogP contribution in [0.3, 0.4) is 0 Å². The Morgan fingerprint density at radius 2 is 1.62 bits per heavy atom. The van der Waals surface area contributed by atoms with Crippen LogP contribution >= 0.6 is 0 Å².